The van der Waals surface area contributed by atoms with Crippen molar-refractivity contribution in [2.75, 3.05) is 13.2 Å². The molecule has 0 radical (unpaired) electrons. The number of hydrogen-bond acceptors (Lipinski definition) is 3. The highest BCUT2D eigenvalue weighted by Gasteiger charge is 2.27. The van der Waals surface area contributed by atoms with E-state index in [1.165, 1.54) is 0 Å². The highest BCUT2D eigenvalue weighted by Crippen LogP contribution is 2.33. The molecule has 0 spiro atoms. The fraction of sp³-hybridized carbons (Fsp3) is 0.455. The first-order valence-electron chi connectivity index (χ1n) is 5.35. The number of nitrogens with one attached hydrogen (secondary N) is 1. The third-order valence-electron chi connectivity index (χ3n) is 1.97. The minimum atomic E-state index is -4.35. The molecule has 0 saturated heterocycles. The van der Waals surface area contributed by atoms with Crippen molar-refractivity contribution in [3.8, 4) is 5.75 Å². The van der Waals surface area contributed by atoms with E-state index in [-0.39, 0.29) is 6.54 Å². The van der Waals surface area contributed by atoms with Crippen molar-refractivity contribution >= 4 is 31.9 Å². The quantitative estimate of drug-likeness (QED) is 0.567. The summed E-state index contributed by atoms with van der Waals surface area (Å²) in [7, 11) is 0. The lowest BCUT2D eigenvalue weighted by Gasteiger charge is -2.14. The molecule has 0 unspecified atom stereocenters. The Morgan fingerprint density at radius 1 is 1.26 bits per heavy atom. The Morgan fingerprint density at radius 3 is 2.53 bits per heavy atom. The first kappa shape index (κ1) is 16.7. The van der Waals surface area contributed by atoms with Gasteiger partial charge in [0.15, 0.2) is 6.61 Å². The maximum atomic E-state index is 11.9. The largest absolute Gasteiger partial charge is 0.492 e. The Labute approximate surface area is 125 Å². The van der Waals surface area contributed by atoms with E-state index in [0.29, 0.717) is 17.9 Å². The number of halogens is 5. The number of hydroxylamine groups is 1. The Hall–Kier alpha value is -0.310. The second kappa shape index (κ2) is 7.47. The molecule has 0 fully saturated rings. The van der Waals surface area contributed by atoms with Gasteiger partial charge in [-0.3, -0.25) is 4.84 Å². The van der Waals surface area contributed by atoms with Gasteiger partial charge in [0.25, 0.3) is 0 Å². The first-order valence-corrected chi connectivity index (χ1v) is 6.94. The molecule has 8 heteroatoms. The van der Waals surface area contributed by atoms with E-state index in [1.807, 2.05) is 6.92 Å². The smallest absolute Gasteiger partial charge is 0.413 e. The molecule has 0 bridgehead atoms. The summed E-state index contributed by atoms with van der Waals surface area (Å²) in [6.07, 6.45) is -4.35. The van der Waals surface area contributed by atoms with E-state index in [4.69, 9.17) is 4.74 Å². The fourth-order valence-corrected chi connectivity index (χ4v) is 2.74. The number of benzene rings is 1. The molecule has 0 aliphatic heterocycles. The van der Waals surface area contributed by atoms with Gasteiger partial charge in [0.2, 0.25) is 0 Å². The van der Waals surface area contributed by atoms with Gasteiger partial charge in [-0.05, 0) is 35.0 Å². The molecule has 19 heavy (non-hydrogen) atoms. The highest BCUT2D eigenvalue weighted by atomic mass is 79.9. The molecule has 0 aliphatic rings. The highest BCUT2D eigenvalue weighted by molar-refractivity contribution is 9.11. The van der Waals surface area contributed by atoms with Gasteiger partial charge in [-0.15, -0.1) is 0 Å². The van der Waals surface area contributed by atoms with Gasteiger partial charge in [0.05, 0.1) is 11.1 Å². The molecule has 1 aromatic rings. The topological polar surface area (TPSA) is 30.5 Å². The lowest BCUT2D eigenvalue weighted by Crippen LogP contribution is -2.24. The lowest BCUT2D eigenvalue weighted by atomic mass is 10.2. The van der Waals surface area contributed by atoms with E-state index in [0.717, 1.165) is 8.95 Å². The SMILES string of the molecule is CCOc1c(Br)cc(Br)cc1CNOCC(F)(F)F. The van der Waals surface area contributed by atoms with Crippen molar-refractivity contribution < 1.29 is 22.7 Å². The monoisotopic (exact) mass is 405 g/mol. The van der Waals surface area contributed by atoms with Crippen molar-refractivity contribution in [2.45, 2.75) is 19.6 Å². The van der Waals surface area contributed by atoms with Crippen LogP contribution >= 0.6 is 31.9 Å². The number of ether oxygens (including phenoxy) is 1. The van der Waals surface area contributed by atoms with Gasteiger partial charge in [0.1, 0.15) is 5.75 Å². The Bertz CT molecular complexity index is 427. The summed E-state index contributed by atoms with van der Waals surface area (Å²) in [5.41, 5.74) is 2.96. The molecule has 0 aliphatic carbocycles. The summed E-state index contributed by atoms with van der Waals surface area (Å²) >= 11 is 6.64. The van der Waals surface area contributed by atoms with Gasteiger partial charge >= 0.3 is 6.18 Å². The summed E-state index contributed by atoms with van der Waals surface area (Å²) in [6, 6.07) is 3.55. The third kappa shape index (κ3) is 6.11. The minimum absolute atomic E-state index is 0.101. The molecule has 0 amide bonds. The van der Waals surface area contributed by atoms with Crippen LogP contribution in [0, 0.1) is 0 Å². The van der Waals surface area contributed by atoms with Crippen LogP contribution in [0.5, 0.6) is 5.75 Å². The summed E-state index contributed by atoms with van der Waals surface area (Å²) in [5, 5.41) is 0. The van der Waals surface area contributed by atoms with E-state index >= 15 is 0 Å². The molecule has 3 nitrogen and oxygen atoms in total. The first-order chi connectivity index (χ1) is 8.83. The normalized spacial score (nSPS) is 11.7. The van der Waals surface area contributed by atoms with Crippen molar-refractivity contribution in [1.29, 1.82) is 0 Å². The Balaban J connectivity index is 2.66. The van der Waals surface area contributed by atoms with Crippen LogP contribution in [0.25, 0.3) is 0 Å². The van der Waals surface area contributed by atoms with Crippen molar-refractivity contribution in [3.05, 3.63) is 26.6 Å². The molecular weight excluding hydrogens is 395 g/mol. The van der Waals surface area contributed by atoms with Crippen LogP contribution in [0.3, 0.4) is 0 Å². The van der Waals surface area contributed by atoms with Gasteiger partial charge in [-0.25, -0.2) is 0 Å². The maximum Gasteiger partial charge on any atom is 0.413 e. The Morgan fingerprint density at radius 2 is 1.95 bits per heavy atom. The van der Waals surface area contributed by atoms with Crippen LogP contribution in [0.15, 0.2) is 21.1 Å². The number of hydrogen-bond donors (Lipinski definition) is 1. The van der Waals surface area contributed by atoms with Gasteiger partial charge < -0.3 is 4.74 Å². The van der Waals surface area contributed by atoms with Gasteiger partial charge in [-0.2, -0.15) is 18.7 Å². The molecule has 1 N–H and O–H groups in total. The molecule has 1 aromatic carbocycles. The molecule has 1 rings (SSSR count). The predicted octanol–water partition coefficient (Wildman–Crippen LogP) is 4.19. The zero-order valence-corrected chi connectivity index (χ0v) is 13.2. The zero-order chi connectivity index (χ0) is 14.5. The second-order valence-electron chi connectivity index (χ2n) is 3.53. The summed E-state index contributed by atoms with van der Waals surface area (Å²) in [4.78, 5) is 4.35. The number of alkyl halides is 3. The third-order valence-corrected chi connectivity index (χ3v) is 3.02. The van der Waals surface area contributed by atoms with Gasteiger partial charge in [0, 0.05) is 16.6 Å². The fourth-order valence-electron chi connectivity index (χ4n) is 1.31. The van der Waals surface area contributed by atoms with E-state index < -0.39 is 12.8 Å². The van der Waals surface area contributed by atoms with Crippen molar-refractivity contribution in [3.63, 3.8) is 0 Å². The van der Waals surface area contributed by atoms with Crippen LogP contribution in [0.4, 0.5) is 13.2 Å². The summed E-state index contributed by atoms with van der Waals surface area (Å²) in [6.45, 7) is 1.04. The molecule has 0 aromatic heterocycles. The summed E-state index contributed by atoms with van der Waals surface area (Å²) < 4.78 is 42.7. The van der Waals surface area contributed by atoms with Crippen LogP contribution < -0.4 is 10.2 Å². The van der Waals surface area contributed by atoms with Crippen LogP contribution in [0.1, 0.15) is 12.5 Å². The zero-order valence-electron chi connectivity index (χ0n) is 9.98. The van der Waals surface area contributed by atoms with E-state index in [1.54, 1.807) is 12.1 Å². The average molecular weight is 407 g/mol. The van der Waals surface area contributed by atoms with E-state index in [9.17, 15) is 13.2 Å². The Kier molecular flexibility index (Phi) is 6.58. The van der Waals surface area contributed by atoms with Crippen LogP contribution in [-0.4, -0.2) is 19.4 Å². The lowest BCUT2D eigenvalue weighted by molar-refractivity contribution is -0.190. The van der Waals surface area contributed by atoms with Crippen LogP contribution in [-0.2, 0) is 11.4 Å². The van der Waals surface area contributed by atoms with Gasteiger partial charge in [-0.1, -0.05) is 15.9 Å². The molecule has 0 heterocycles. The minimum Gasteiger partial charge on any atom is -0.492 e. The second-order valence-corrected chi connectivity index (χ2v) is 5.30. The van der Waals surface area contributed by atoms with E-state index in [2.05, 4.69) is 42.2 Å². The molecule has 108 valence electrons. The van der Waals surface area contributed by atoms with Crippen molar-refractivity contribution in [2.24, 2.45) is 0 Å². The average Bonchev–Trinajstić information content (AvgIpc) is 2.27. The standard InChI is InChI=1S/C11H12Br2F3NO2/c1-2-18-10-7(3-8(12)4-9(10)13)5-17-19-6-11(14,15)16/h3-4,17H,2,5-6H2,1H3. The summed E-state index contributed by atoms with van der Waals surface area (Å²) in [5.74, 6) is 0.578. The molecule has 0 saturated carbocycles. The van der Waals surface area contributed by atoms with Crippen LogP contribution in [0.2, 0.25) is 0 Å². The van der Waals surface area contributed by atoms with Crippen molar-refractivity contribution in [1.82, 2.24) is 5.48 Å². The maximum absolute atomic E-state index is 11.9. The molecular formula is C11H12Br2F3NO2. The molecule has 0 atom stereocenters. The predicted molar refractivity (Wildman–Crippen MR) is 71.9 cm³/mol. The number of rotatable bonds is 6.